The smallest absolute Gasteiger partial charge is 0.225 e. The predicted molar refractivity (Wildman–Crippen MR) is 73.5 cm³/mol. The van der Waals surface area contributed by atoms with Gasteiger partial charge in [-0.15, -0.1) is 0 Å². The number of nitrogens with two attached hydrogens (primary N) is 1. The van der Waals surface area contributed by atoms with Crippen molar-refractivity contribution in [1.29, 1.82) is 0 Å². The standard InChI is InChI=1S/C14H22N2O2/c1-3-10-16(4-2)14(17)9-11-18-13-7-5-12(15)6-8-13/h5-8H,3-4,9-11,15H2,1-2H3. The van der Waals surface area contributed by atoms with Crippen molar-refractivity contribution in [2.45, 2.75) is 26.7 Å². The molecule has 0 saturated heterocycles. The van der Waals surface area contributed by atoms with Gasteiger partial charge in [-0.1, -0.05) is 6.92 Å². The molecular weight excluding hydrogens is 228 g/mol. The molecule has 0 saturated carbocycles. The molecule has 1 aromatic carbocycles. The number of hydrogen-bond acceptors (Lipinski definition) is 3. The van der Waals surface area contributed by atoms with Crippen LogP contribution in [0.15, 0.2) is 24.3 Å². The van der Waals surface area contributed by atoms with E-state index in [4.69, 9.17) is 10.5 Å². The summed E-state index contributed by atoms with van der Waals surface area (Å²) in [6, 6.07) is 7.19. The Bertz CT molecular complexity index is 363. The number of hydrogen-bond donors (Lipinski definition) is 1. The summed E-state index contributed by atoms with van der Waals surface area (Å²) in [5.41, 5.74) is 6.29. The SMILES string of the molecule is CCCN(CC)C(=O)CCOc1ccc(N)cc1. The highest BCUT2D eigenvalue weighted by Gasteiger charge is 2.10. The van der Waals surface area contributed by atoms with E-state index in [2.05, 4.69) is 6.92 Å². The van der Waals surface area contributed by atoms with Crippen molar-refractivity contribution in [3.8, 4) is 5.75 Å². The third kappa shape index (κ3) is 4.65. The summed E-state index contributed by atoms with van der Waals surface area (Å²) in [5, 5.41) is 0. The predicted octanol–water partition coefficient (Wildman–Crippen LogP) is 2.30. The van der Waals surface area contributed by atoms with Gasteiger partial charge in [0.1, 0.15) is 5.75 Å². The van der Waals surface area contributed by atoms with Crippen LogP contribution in [-0.4, -0.2) is 30.5 Å². The fourth-order valence-electron chi connectivity index (χ4n) is 1.71. The molecule has 0 radical (unpaired) electrons. The Hall–Kier alpha value is -1.71. The van der Waals surface area contributed by atoms with Crippen LogP contribution in [0.5, 0.6) is 5.75 Å². The molecule has 0 atom stereocenters. The van der Waals surface area contributed by atoms with E-state index < -0.39 is 0 Å². The van der Waals surface area contributed by atoms with Crippen LogP contribution in [-0.2, 0) is 4.79 Å². The van der Waals surface area contributed by atoms with Crippen LogP contribution in [0, 0.1) is 0 Å². The number of rotatable bonds is 7. The zero-order valence-electron chi connectivity index (χ0n) is 11.2. The first-order chi connectivity index (χ1) is 8.67. The van der Waals surface area contributed by atoms with Gasteiger partial charge in [0.25, 0.3) is 0 Å². The van der Waals surface area contributed by atoms with Crippen molar-refractivity contribution in [3.63, 3.8) is 0 Å². The van der Waals surface area contributed by atoms with Crippen LogP contribution in [0.3, 0.4) is 0 Å². The first-order valence-electron chi connectivity index (χ1n) is 6.43. The van der Waals surface area contributed by atoms with Crippen LogP contribution in [0.4, 0.5) is 5.69 Å². The lowest BCUT2D eigenvalue weighted by Gasteiger charge is -2.20. The molecule has 4 heteroatoms. The van der Waals surface area contributed by atoms with Gasteiger partial charge < -0.3 is 15.4 Å². The topological polar surface area (TPSA) is 55.6 Å². The average Bonchev–Trinajstić information content (AvgIpc) is 2.38. The second-order valence-electron chi connectivity index (χ2n) is 4.14. The first kappa shape index (κ1) is 14.4. The van der Waals surface area contributed by atoms with E-state index in [1.165, 1.54) is 0 Å². The quantitative estimate of drug-likeness (QED) is 0.755. The van der Waals surface area contributed by atoms with E-state index in [-0.39, 0.29) is 5.91 Å². The maximum absolute atomic E-state index is 11.8. The summed E-state index contributed by atoms with van der Waals surface area (Å²) in [6.45, 7) is 6.05. The van der Waals surface area contributed by atoms with Crippen LogP contribution >= 0.6 is 0 Å². The number of nitrogens with zero attached hydrogens (tertiary/aromatic N) is 1. The minimum Gasteiger partial charge on any atom is -0.493 e. The van der Waals surface area contributed by atoms with Gasteiger partial charge in [-0.25, -0.2) is 0 Å². The van der Waals surface area contributed by atoms with Gasteiger partial charge in [0.15, 0.2) is 0 Å². The molecule has 1 aromatic rings. The molecule has 0 unspecified atom stereocenters. The first-order valence-corrected chi connectivity index (χ1v) is 6.43. The van der Waals surface area contributed by atoms with E-state index in [1.807, 2.05) is 24.0 Å². The molecule has 0 aliphatic carbocycles. The molecule has 0 spiro atoms. The summed E-state index contributed by atoms with van der Waals surface area (Å²) in [6.07, 6.45) is 1.40. The lowest BCUT2D eigenvalue weighted by atomic mass is 10.3. The fraction of sp³-hybridized carbons (Fsp3) is 0.500. The number of carbonyl (C=O) groups is 1. The highest BCUT2D eigenvalue weighted by atomic mass is 16.5. The Morgan fingerprint density at radius 1 is 1.28 bits per heavy atom. The van der Waals surface area contributed by atoms with Crippen LogP contribution in [0.25, 0.3) is 0 Å². The van der Waals surface area contributed by atoms with Crippen molar-refractivity contribution in [1.82, 2.24) is 4.90 Å². The molecule has 18 heavy (non-hydrogen) atoms. The Kier molecular flexibility index (Phi) is 6.05. The van der Waals surface area contributed by atoms with Gasteiger partial charge in [0, 0.05) is 18.8 Å². The molecule has 0 heterocycles. The third-order valence-corrected chi connectivity index (χ3v) is 2.69. The second kappa shape index (κ2) is 7.58. The van der Waals surface area contributed by atoms with Gasteiger partial charge in [-0.2, -0.15) is 0 Å². The highest BCUT2D eigenvalue weighted by Crippen LogP contribution is 2.13. The highest BCUT2D eigenvalue weighted by molar-refractivity contribution is 5.76. The van der Waals surface area contributed by atoms with E-state index in [0.29, 0.717) is 18.7 Å². The van der Waals surface area contributed by atoms with Gasteiger partial charge >= 0.3 is 0 Å². The molecule has 0 aromatic heterocycles. The number of nitrogen functional groups attached to an aromatic ring is 1. The molecule has 0 aliphatic heterocycles. The Labute approximate surface area is 109 Å². The summed E-state index contributed by atoms with van der Waals surface area (Å²) in [4.78, 5) is 13.7. The van der Waals surface area contributed by atoms with Crippen molar-refractivity contribution in [3.05, 3.63) is 24.3 Å². The Balaban J connectivity index is 2.32. The lowest BCUT2D eigenvalue weighted by molar-refractivity contribution is -0.131. The van der Waals surface area contributed by atoms with Crippen LogP contribution in [0.1, 0.15) is 26.7 Å². The molecule has 0 fully saturated rings. The van der Waals surface area contributed by atoms with Gasteiger partial charge in [-0.3, -0.25) is 4.79 Å². The van der Waals surface area contributed by atoms with Gasteiger partial charge in [0.2, 0.25) is 5.91 Å². The van der Waals surface area contributed by atoms with E-state index in [1.54, 1.807) is 12.1 Å². The molecular formula is C14H22N2O2. The van der Waals surface area contributed by atoms with E-state index in [0.717, 1.165) is 25.3 Å². The second-order valence-corrected chi connectivity index (χ2v) is 4.14. The Morgan fingerprint density at radius 2 is 1.94 bits per heavy atom. The van der Waals surface area contributed by atoms with Gasteiger partial charge in [-0.05, 0) is 37.6 Å². The maximum Gasteiger partial charge on any atom is 0.225 e. The fourth-order valence-corrected chi connectivity index (χ4v) is 1.71. The van der Waals surface area contributed by atoms with E-state index >= 15 is 0 Å². The van der Waals surface area contributed by atoms with E-state index in [9.17, 15) is 4.79 Å². The van der Waals surface area contributed by atoms with Crippen molar-refractivity contribution in [2.75, 3.05) is 25.4 Å². The third-order valence-electron chi connectivity index (χ3n) is 2.69. The molecule has 2 N–H and O–H groups in total. The zero-order valence-corrected chi connectivity index (χ0v) is 11.2. The molecule has 100 valence electrons. The summed E-state index contributed by atoms with van der Waals surface area (Å²) in [7, 11) is 0. The lowest BCUT2D eigenvalue weighted by Crippen LogP contribution is -2.32. The maximum atomic E-state index is 11.8. The van der Waals surface area contributed by atoms with Crippen LogP contribution in [0.2, 0.25) is 0 Å². The molecule has 0 bridgehead atoms. The number of benzene rings is 1. The monoisotopic (exact) mass is 250 g/mol. The zero-order chi connectivity index (χ0) is 13.4. The number of anilines is 1. The van der Waals surface area contributed by atoms with Crippen molar-refractivity contribution in [2.24, 2.45) is 0 Å². The van der Waals surface area contributed by atoms with Crippen LogP contribution < -0.4 is 10.5 Å². The summed E-state index contributed by atoms with van der Waals surface area (Å²) < 4.78 is 5.50. The average molecular weight is 250 g/mol. The number of amides is 1. The minimum absolute atomic E-state index is 0.148. The number of ether oxygens (including phenoxy) is 1. The number of carbonyl (C=O) groups excluding carboxylic acids is 1. The van der Waals surface area contributed by atoms with Crippen molar-refractivity contribution >= 4 is 11.6 Å². The summed E-state index contributed by atoms with van der Waals surface area (Å²) in [5.74, 6) is 0.894. The summed E-state index contributed by atoms with van der Waals surface area (Å²) >= 11 is 0. The largest absolute Gasteiger partial charge is 0.493 e. The molecule has 1 amide bonds. The molecule has 1 rings (SSSR count). The Morgan fingerprint density at radius 3 is 2.50 bits per heavy atom. The normalized spacial score (nSPS) is 10.1. The molecule has 4 nitrogen and oxygen atoms in total. The van der Waals surface area contributed by atoms with Gasteiger partial charge in [0.05, 0.1) is 13.0 Å². The molecule has 0 aliphatic rings. The minimum atomic E-state index is 0.148. The van der Waals surface area contributed by atoms with Crippen molar-refractivity contribution < 1.29 is 9.53 Å².